The summed E-state index contributed by atoms with van der Waals surface area (Å²) in [7, 11) is 0. The Labute approximate surface area is 119 Å². The van der Waals surface area contributed by atoms with Crippen LogP contribution in [0.25, 0.3) is 0 Å². The molecule has 1 nitrogen and oxygen atoms in total. The highest BCUT2D eigenvalue weighted by Gasteiger charge is 2.18. The van der Waals surface area contributed by atoms with E-state index < -0.39 is 0 Å². The Balaban J connectivity index is 1.83. The van der Waals surface area contributed by atoms with Crippen molar-refractivity contribution in [3.05, 3.63) is 34.9 Å². The fourth-order valence-electron chi connectivity index (χ4n) is 2.50. The van der Waals surface area contributed by atoms with Gasteiger partial charge in [-0.3, -0.25) is 0 Å². The van der Waals surface area contributed by atoms with Crippen LogP contribution in [0.4, 0.5) is 0 Å². The van der Waals surface area contributed by atoms with Gasteiger partial charge in [-0.15, -0.1) is 11.6 Å². The van der Waals surface area contributed by atoms with Crippen LogP contribution in [0.3, 0.4) is 0 Å². The molecule has 1 saturated heterocycles. The molecule has 0 radical (unpaired) electrons. The summed E-state index contributed by atoms with van der Waals surface area (Å²) in [5, 5.41) is 0.852. The van der Waals surface area contributed by atoms with E-state index in [1.54, 1.807) is 0 Å². The van der Waals surface area contributed by atoms with Gasteiger partial charge in [-0.25, -0.2) is 0 Å². The highest BCUT2D eigenvalue weighted by atomic mass is 35.5. The van der Waals surface area contributed by atoms with Crippen LogP contribution in [0.5, 0.6) is 0 Å². The van der Waals surface area contributed by atoms with Crippen LogP contribution in [0.15, 0.2) is 24.3 Å². The Morgan fingerprint density at radius 3 is 2.83 bits per heavy atom. The number of hydrogen-bond acceptors (Lipinski definition) is 1. The average molecular weight is 287 g/mol. The lowest BCUT2D eigenvalue weighted by Crippen LogP contribution is -2.12. The summed E-state index contributed by atoms with van der Waals surface area (Å²) < 4.78 is 5.65. The zero-order valence-corrected chi connectivity index (χ0v) is 12.1. The van der Waals surface area contributed by atoms with Crippen LogP contribution in [0, 0.1) is 5.92 Å². The molecule has 2 rings (SSSR count). The van der Waals surface area contributed by atoms with Gasteiger partial charge in [-0.2, -0.15) is 0 Å². The molecule has 0 N–H and O–H groups in total. The molecule has 0 bridgehead atoms. The second kappa shape index (κ2) is 7.37. The van der Waals surface area contributed by atoms with E-state index in [1.165, 1.54) is 18.4 Å². The van der Waals surface area contributed by atoms with Gasteiger partial charge >= 0.3 is 0 Å². The molecule has 1 aliphatic heterocycles. The zero-order chi connectivity index (χ0) is 12.8. The fraction of sp³-hybridized carbons (Fsp3) is 0.600. The van der Waals surface area contributed by atoms with Crippen molar-refractivity contribution in [2.75, 3.05) is 12.5 Å². The quantitative estimate of drug-likeness (QED) is 0.689. The van der Waals surface area contributed by atoms with Crippen molar-refractivity contribution >= 4 is 23.2 Å². The predicted molar refractivity (Wildman–Crippen MR) is 77.6 cm³/mol. The number of halogens is 2. The van der Waals surface area contributed by atoms with Gasteiger partial charge < -0.3 is 4.74 Å². The summed E-state index contributed by atoms with van der Waals surface area (Å²) in [5.41, 5.74) is 1.21. The molecular weight excluding hydrogens is 267 g/mol. The lowest BCUT2D eigenvalue weighted by atomic mass is 9.94. The Morgan fingerprint density at radius 2 is 2.17 bits per heavy atom. The zero-order valence-electron chi connectivity index (χ0n) is 10.6. The van der Waals surface area contributed by atoms with Gasteiger partial charge in [0.05, 0.1) is 6.10 Å². The smallest absolute Gasteiger partial charge is 0.0576 e. The third kappa shape index (κ3) is 4.15. The minimum atomic E-state index is 0.460. The van der Waals surface area contributed by atoms with E-state index in [0.29, 0.717) is 17.9 Å². The van der Waals surface area contributed by atoms with Gasteiger partial charge in [0.25, 0.3) is 0 Å². The predicted octanol–water partition coefficient (Wildman–Crippen LogP) is 4.70. The first kappa shape index (κ1) is 14.2. The fourth-order valence-corrected chi connectivity index (χ4v) is 2.98. The molecule has 2 unspecified atom stereocenters. The summed E-state index contributed by atoms with van der Waals surface area (Å²) in [4.78, 5) is 0. The molecule has 3 heteroatoms. The summed E-state index contributed by atoms with van der Waals surface area (Å²) in [6.45, 7) is 0.931. The normalized spacial score (nSPS) is 21.1. The Kier molecular flexibility index (Phi) is 5.81. The molecule has 0 aliphatic carbocycles. The molecule has 1 fully saturated rings. The van der Waals surface area contributed by atoms with E-state index in [4.69, 9.17) is 27.9 Å². The lowest BCUT2D eigenvalue weighted by molar-refractivity contribution is 0.0988. The van der Waals surface area contributed by atoms with Crippen LogP contribution in [0.1, 0.15) is 31.2 Å². The summed E-state index contributed by atoms with van der Waals surface area (Å²) in [6, 6.07) is 8.04. The highest BCUT2D eigenvalue weighted by molar-refractivity contribution is 6.31. The molecule has 18 heavy (non-hydrogen) atoms. The standard InChI is InChI=1S/C15H20Cl2O/c16-11-12(7-8-14-5-3-9-18-14)10-13-4-1-2-6-15(13)17/h1-2,4,6,12,14H,3,5,7-11H2. The van der Waals surface area contributed by atoms with E-state index in [1.807, 2.05) is 18.2 Å². The first-order valence-corrected chi connectivity index (χ1v) is 7.62. The minimum Gasteiger partial charge on any atom is -0.378 e. The third-order valence-corrected chi connectivity index (χ3v) is 4.41. The monoisotopic (exact) mass is 286 g/mol. The first-order valence-electron chi connectivity index (χ1n) is 6.70. The van der Waals surface area contributed by atoms with Crippen LogP contribution in [-0.4, -0.2) is 18.6 Å². The van der Waals surface area contributed by atoms with Crippen molar-refractivity contribution in [1.82, 2.24) is 0 Å². The van der Waals surface area contributed by atoms with Crippen LogP contribution < -0.4 is 0 Å². The van der Waals surface area contributed by atoms with Crippen molar-refractivity contribution in [2.45, 2.75) is 38.2 Å². The second-order valence-corrected chi connectivity index (χ2v) is 5.74. The molecule has 0 aromatic heterocycles. The summed E-state index contributed by atoms with van der Waals surface area (Å²) in [5.74, 6) is 1.19. The van der Waals surface area contributed by atoms with Gasteiger partial charge in [0.1, 0.15) is 0 Å². The van der Waals surface area contributed by atoms with Crippen molar-refractivity contribution < 1.29 is 4.74 Å². The molecule has 0 spiro atoms. The molecule has 1 aliphatic rings. The van der Waals surface area contributed by atoms with Crippen molar-refractivity contribution in [3.8, 4) is 0 Å². The molecule has 1 heterocycles. The highest BCUT2D eigenvalue weighted by Crippen LogP contribution is 2.25. The topological polar surface area (TPSA) is 9.23 Å². The number of hydrogen-bond donors (Lipinski definition) is 0. The SMILES string of the molecule is ClCC(CCC1CCCO1)Cc1ccccc1Cl. The van der Waals surface area contributed by atoms with Gasteiger partial charge in [-0.1, -0.05) is 29.8 Å². The Morgan fingerprint density at radius 1 is 1.33 bits per heavy atom. The molecular formula is C15H20Cl2O. The minimum absolute atomic E-state index is 0.460. The first-order chi connectivity index (χ1) is 8.79. The van der Waals surface area contributed by atoms with E-state index >= 15 is 0 Å². The average Bonchev–Trinajstić information content (AvgIpc) is 2.90. The lowest BCUT2D eigenvalue weighted by Gasteiger charge is -2.17. The maximum atomic E-state index is 6.18. The van der Waals surface area contributed by atoms with Crippen molar-refractivity contribution in [1.29, 1.82) is 0 Å². The number of benzene rings is 1. The molecule has 1 aromatic carbocycles. The van der Waals surface area contributed by atoms with Crippen molar-refractivity contribution in [2.24, 2.45) is 5.92 Å². The van der Waals surface area contributed by atoms with Gasteiger partial charge in [0.15, 0.2) is 0 Å². The molecule has 2 atom stereocenters. The summed E-state index contributed by atoms with van der Waals surface area (Å²) >= 11 is 12.3. The van der Waals surface area contributed by atoms with Gasteiger partial charge in [0, 0.05) is 17.5 Å². The molecule has 100 valence electrons. The van der Waals surface area contributed by atoms with Crippen molar-refractivity contribution in [3.63, 3.8) is 0 Å². The van der Waals surface area contributed by atoms with E-state index in [2.05, 4.69) is 6.07 Å². The van der Waals surface area contributed by atoms with Crippen LogP contribution >= 0.6 is 23.2 Å². The van der Waals surface area contributed by atoms with E-state index in [-0.39, 0.29) is 0 Å². The van der Waals surface area contributed by atoms with Gasteiger partial charge in [0.2, 0.25) is 0 Å². The van der Waals surface area contributed by atoms with Gasteiger partial charge in [-0.05, 0) is 49.7 Å². The largest absolute Gasteiger partial charge is 0.378 e. The number of ether oxygens (including phenoxy) is 1. The Bertz CT molecular complexity index is 361. The van der Waals surface area contributed by atoms with Crippen LogP contribution in [-0.2, 0) is 11.2 Å². The third-order valence-electron chi connectivity index (χ3n) is 3.61. The maximum Gasteiger partial charge on any atom is 0.0576 e. The number of rotatable bonds is 6. The van der Waals surface area contributed by atoms with E-state index in [9.17, 15) is 0 Å². The second-order valence-electron chi connectivity index (χ2n) is 5.03. The molecule has 1 aromatic rings. The summed E-state index contributed by atoms with van der Waals surface area (Å²) in [6.07, 6.45) is 6.10. The Hall–Kier alpha value is -0.240. The van der Waals surface area contributed by atoms with Crippen LogP contribution in [0.2, 0.25) is 5.02 Å². The molecule has 0 amide bonds. The van der Waals surface area contributed by atoms with E-state index in [0.717, 1.165) is 30.9 Å². The number of alkyl halides is 1. The maximum absolute atomic E-state index is 6.18. The molecule has 0 saturated carbocycles.